The lowest BCUT2D eigenvalue weighted by atomic mass is 9.81. The Kier molecular flexibility index (Phi) is 8.96. The fraction of sp³-hybridized carbons (Fsp3) is 0.258. The molecule has 3 amide bonds. The molecule has 1 heterocycles. The minimum atomic E-state index is -0.747. The van der Waals surface area contributed by atoms with Crippen LogP contribution in [0.25, 0.3) is 0 Å². The molecule has 1 aliphatic carbocycles. The fourth-order valence-corrected chi connectivity index (χ4v) is 6.57. The lowest BCUT2D eigenvalue weighted by Gasteiger charge is -2.30. The van der Waals surface area contributed by atoms with E-state index >= 15 is 0 Å². The van der Waals surface area contributed by atoms with Crippen LogP contribution in [0.5, 0.6) is 5.75 Å². The molecule has 8 nitrogen and oxygen atoms in total. The second kappa shape index (κ2) is 12.5. The third kappa shape index (κ3) is 6.07. The molecule has 2 aliphatic rings. The van der Waals surface area contributed by atoms with Crippen molar-refractivity contribution < 1.29 is 28.7 Å². The van der Waals surface area contributed by atoms with Gasteiger partial charge in [-0.1, -0.05) is 73.3 Å². The van der Waals surface area contributed by atoms with E-state index < -0.39 is 47.9 Å². The van der Waals surface area contributed by atoms with Gasteiger partial charge in [0.1, 0.15) is 12.3 Å². The predicted molar refractivity (Wildman–Crippen MR) is 163 cm³/mol. The summed E-state index contributed by atoms with van der Waals surface area (Å²) in [5.74, 6) is -3.88. The number of hydrogen-bond donors (Lipinski definition) is 0. The number of nitrogens with zero attached hydrogens (tertiary/aromatic N) is 2. The van der Waals surface area contributed by atoms with Gasteiger partial charge in [0.25, 0.3) is 17.7 Å². The molecule has 0 N–H and O–H groups in total. The molecule has 0 aromatic heterocycles. The summed E-state index contributed by atoms with van der Waals surface area (Å²) in [6, 6.07) is 19.0. The number of fused-ring (bicyclic) bond motifs is 1. The number of hydrazine groups is 1. The van der Waals surface area contributed by atoms with Crippen molar-refractivity contribution >= 4 is 72.9 Å². The molecule has 4 atom stereocenters. The number of imide groups is 1. The van der Waals surface area contributed by atoms with Gasteiger partial charge in [0.15, 0.2) is 5.78 Å². The van der Waals surface area contributed by atoms with E-state index in [1.165, 1.54) is 36.4 Å². The summed E-state index contributed by atoms with van der Waals surface area (Å²) in [6.07, 6.45) is 0.818. The van der Waals surface area contributed by atoms with Gasteiger partial charge in [-0.3, -0.25) is 19.2 Å². The van der Waals surface area contributed by atoms with Crippen LogP contribution in [0.2, 0.25) is 5.02 Å². The van der Waals surface area contributed by atoms with Gasteiger partial charge in [0.05, 0.1) is 28.0 Å². The summed E-state index contributed by atoms with van der Waals surface area (Å²) in [5.41, 5.74) is 1.64. The number of esters is 1. The zero-order valence-corrected chi connectivity index (χ0v) is 26.3. The molecule has 1 saturated carbocycles. The van der Waals surface area contributed by atoms with Gasteiger partial charge in [0.2, 0.25) is 0 Å². The van der Waals surface area contributed by atoms with Gasteiger partial charge in [0, 0.05) is 15.2 Å². The molecular formula is C31H25Br2ClN2O6. The smallest absolute Gasteiger partial charge is 0.343 e. The van der Waals surface area contributed by atoms with Crippen molar-refractivity contribution in [2.75, 3.05) is 6.54 Å². The molecule has 1 saturated heterocycles. The second-order valence-electron chi connectivity index (χ2n) is 10.3. The van der Waals surface area contributed by atoms with Gasteiger partial charge in [-0.15, -0.1) is 0 Å². The molecule has 0 bridgehead atoms. The van der Waals surface area contributed by atoms with Crippen LogP contribution in [0, 0.1) is 18.8 Å². The highest BCUT2D eigenvalue weighted by Crippen LogP contribution is 2.43. The Balaban J connectivity index is 1.38. The highest BCUT2D eigenvalue weighted by Gasteiger charge is 2.54. The maximum absolute atomic E-state index is 13.7. The third-order valence-corrected chi connectivity index (χ3v) is 10.5. The molecule has 5 rings (SSSR count). The number of ether oxygens (including phenoxy) is 1. The average molecular weight is 717 g/mol. The lowest BCUT2D eigenvalue weighted by molar-refractivity contribution is -0.154. The number of alkyl halides is 2. The van der Waals surface area contributed by atoms with E-state index in [1.54, 1.807) is 36.4 Å². The van der Waals surface area contributed by atoms with Crippen LogP contribution in [0.1, 0.15) is 49.5 Å². The summed E-state index contributed by atoms with van der Waals surface area (Å²) < 4.78 is 5.41. The highest BCUT2D eigenvalue weighted by atomic mass is 79.9. The Hall–Kier alpha value is -3.34. The molecule has 0 radical (unpaired) electrons. The van der Waals surface area contributed by atoms with E-state index in [0.717, 1.165) is 15.6 Å². The topological polar surface area (TPSA) is 101 Å². The van der Waals surface area contributed by atoms with E-state index in [2.05, 4.69) is 31.9 Å². The standard InChI is InChI=1S/C31H25Br2ClN2O6/c1-17-6-8-19(9-7-17)31(41)42-20-12-10-18(11-13-20)27(37)16-35(28(38)21-4-2-3-5-26(21)34)36-29(39)22-14-24(32)25(33)15-23(22)30(36)40/h2-13,22-25H,14-16H2,1H3/t22-,23-,24-,25+/m1/s1. The zero-order chi connectivity index (χ0) is 30.1. The largest absolute Gasteiger partial charge is 0.423 e. The van der Waals surface area contributed by atoms with Crippen LogP contribution in [0.4, 0.5) is 0 Å². The number of halogens is 3. The van der Waals surface area contributed by atoms with Crippen molar-refractivity contribution in [1.82, 2.24) is 10.0 Å². The number of ketones is 1. The van der Waals surface area contributed by atoms with Gasteiger partial charge in [-0.25, -0.2) is 9.80 Å². The van der Waals surface area contributed by atoms with Gasteiger partial charge < -0.3 is 4.74 Å². The van der Waals surface area contributed by atoms with Crippen LogP contribution in [-0.4, -0.2) is 55.7 Å². The van der Waals surface area contributed by atoms with Gasteiger partial charge >= 0.3 is 5.97 Å². The molecule has 11 heteroatoms. The van der Waals surface area contributed by atoms with Crippen molar-refractivity contribution in [3.05, 3.63) is 100 Å². The molecule has 2 fully saturated rings. The molecule has 216 valence electrons. The van der Waals surface area contributed by atoms with Crippen LogP contribution < -0.4 is 4.74 Å². The Bertz CT molecular complexity index is 1530. The number of carbonyl (C=O) groups excluding carboxylic acids is 5. The summed E-state index contributed by atoms with van der Waals surface area (Å²) in [7, 11) is 0. The van der Waals surface area contributed by atoms with Gasteiger partial charge in [-0.2, -0.15) is 5.01 Å². The molecule has 3 aromatic carbocycles. The van der Waals surface area contributed by atoms with Crippen molar-refractivity contribution in [3.63, 3.8) is 0 Å². The minimum Gasteiger partial charge on any atom is -0.423 e. The van der Waals surface area contributed by atoms with Crippen molar-refractivity contribution in [1.29, 1.82) is 0 Å². The maximum Gasteiger partial charge on any atom is 0.343 e. The molecule has 1 aliphatic heterocycles. The normalized spacial score (nSPS) is 21.6. The van der Waals surface area contributed by atoms with Crippen LogP contribution in [-0.2, 0) is 9.59 Å². The third-order valence-electron chi connectivity index (χ3n) is 7.44. The fourth-order valence-electron chi connectivity index (χ4n) is 5.11. The van der Waals surface area contributed by atoms with Crippen molar-refractivity contribution in [2.45, 2.75) is 29.4 Å². The first-order valence-corrected chi connectivity index (χ1v) is 15.4. The summed E-state index contributed by atoms with van der Waals surface area (Å²) in [4.78, 5) is 66.7. The number of hydrogen-bond acceptors (Lipinski definition) is 6. The number of amides is 3. The van der Waals surface area contributed by atoms with E-state index in [1.807, 2.05) is 6.92 Å². The Morgan fingerprint density at radius 3 is 1.98 bits per heavy atom. The summed E-state index contributed by atoms with van der Waals surface area (Å²) in [5, 5.41) is 1.84. The van der Waals surface area contributed by atoms with E-state index in [0.29, 0.717) is 18.4 Å². The van der Waals surface area contributed by atoms with Crippen LogP contribution >= 0.6 is 43.5 Å². The van der Waals surface area contributed by atoms with E-state index in [9.17, 15) is 24.0 Å². The molecule has 0 unspecified atom stereocenters. The highest BCUT2D eigenvalue weighted by molar-refractivity contribution is 9.12. The summed E-state index contributed by atoms with van der Waals surface area (Å²) in [6.45, 7) is 1.33. The second-order valence-corrected chi connectivity index (χ2v) is 13.0. The van der Waals surface area contributed by atoms with Crippen molar-refractivity contribution in [2.24, 2.45) is 11.8 Å². The first-order chi connectivity index (χ1) is 20.0. The first-order valence-electron chi connectivity index (χ1n) is 13.2. The number of Topliss-reactive ketones (excluding diaryl/α,β-unsaturated/α-hetero) is 1. The van der Waals surface area contributed by atoms with Crippen LogP contribution in [0.15, 0.2) is 72.8 Å². The van der Waals surface area contributed by atoms with Crippen molar-refractivity contribution in [3.8, 4) is 5.75 Å². The Morgan fingerprint density at radius 1 is 0.857 bits per heavy atom. The quantitative estimate of drug-likeness (QED) is 0.0974. The number of carbonyl (C=O) groups is 5. The van der Waals surface area contributed by atoms with E-state index in [4.69, 9.17) is 16.3 Å². The van der Waals surface area contributed by atoms with Gasteiger partial charge in [-0.05, 0) is 68.3 Å². The van der Waals surface area contributed by atoms with E-state index in [-0.39, 0.29) is 31.6 Å². The molecule has 3 aromatic rings. The maximum atomic E-state index is 13.7. The summed E-state index contributed by atoms with van der Waals surface area (Å²) >= 11 is 13.4. The minimum absolute atomic E-state index is 0.0246. The lowest BCUT2D eigenvalue weighted by Crippen LogP contribution is -2.52. The molecule has 42 heavy (non-hydrogen) atoms. The number of benzene rings is 3. The SMILES string of the molecule is Cc1ccc(C(=O)Oc2ccc(C(=O)CN(C(=O)c3ccccc3Cl)N3C(=O)[C@@H]4C[C@@H](Br)[C@@H](Br)C[C@H]4C3=O)cc2)cc1. The van der Waals surface area contributed by atoms with Crippen LogP contribution in [0.3, 0.4) is 0 Å². The first kappa shape index (κ1) is 30.1. The zero-order valence-electron chi connectivity index (χ0n) is 22.3. The Labute approximate surface area is 264 Å². The molecule has 0 spiro atoms. The molecular weight excluding hydrogens is 692 g/mol. The monoisotopic (exact) mass is 714 g/mol. The predicted octanol–water partition coefficient (Wildman–Crippen LogP) is 6.03. The Morgan fingerprint density at radius 2 is 1.40 bits per heavy atom. The number of rotatable bonds is 7. The number of aryl methyl sites for hydroxylation is 1. The average Bonchev–Trinajstić information content (AvgIpc) is 3.20.